The Morgan fingerprint density at radius 3 is 1.17 bits per heavy atom. The number of hydrogen-bond acceptors (Lipinski definition) is 1. The molecule has 4 rings (SSSR count). The van der Waals surface area contributed by atoms with Crippen molar-refractivity contribution in [3.05, 3.63) is 131 Å². The lowest BCUT2D eigenvalue weighted by Crippen LogP contribution is -1.94. The Labute approximate surface area is 175 Å². The summed E-state index contributed by atoms with van der Waals surface area (Å²) in [6.07, 6.45) is 0. The van der Waals surface area contributed by atoms with Gasteiger partial charge in [0.05, 0.1) is 0 Å². The number of benzene rings is 4. The van der Waals surface area contributed by atoms with Crippen LogP contribution in [0.2, 0.25) is 0 Å². The maximum Gasteiger partial charge on any atom is 0.0384 e. The van der Waals surface area contributed by atoms with E-state index in [1.165, 1.54) is 22.3 Å². The summed E-state index contributed by atoms with van der Waals surface area (Å²) in [5, 5.41) is 3.36. The van der Waals surface area contributed by atoms with Gasteiger partial charge in [-0.3, -0.25) is 0 Å². The van der Waals surface area contributed by atoms with E-state index in [4.69, 9.17) is 0 Å². The monoisotopic (exact) mass is 379 g/mol. The molecule has 0 saturated carbocycles. The van der Waals surface area contributed by atoms with Crippen LogP contribution in [0.15, 0.2) is 109 Å². The van der Waals surface area contributed by atoms with E-state index in [2.05, 4.69) is 135 Å². The van der Waals surface area contributed by atoms with Crippen molar-refractivity contribution in [1.29, 1.82) is 0 Å². The van der Waals surface area contributed by atoms with Crippen LogP contribution in [0.25, 0.3) is 0 Å². The van der Waals surface area contributed by atoms with Gasteiger partial charge in [0.25, 0.3) is 0 Å². The minimum atomic E-state index is 0.484. The van der Waals surface area contributed by atoms with Gasteiger partial charge < -0.3 is 5.32 Å². The standard InChI is InChI=1S/C14H15N.C14H14/c1-11-3-7-13(8-4-11)15-14-9-5-12(2)6-10-14;1-12(13-8-4-2-5-9-13)14-10-6-3-7-11-14/h3-10,15H,1-2H3;2-12H,1H3. The fourth-order valence-corrected chi connectivity index (χ4v) is 3.12. The van der Waals surface area contributed by atoms with Crippen LogP contribution >= 0.6 is 0 Å². The van der Waals surface area contributed by atoms with Crippen molar-refractivity contribution in [2.75, 3.05) is 5.32 Å². The molecule has 29 heavy (non-hydrogen) atoms. The van der Waals surface area contributed by atoms with Crippen LogP contribution in [0.4, 0.5) is 11.4 Å². The summed E-state index contributed by atoms with van der Waals surface area (Å²) in [5.74, 6) is 0.484. The number of anilines is 2. The lowest BCUT2D eigenvalue weighted by molar-refractivity contribution is 0.922. The third-order valence-electron chi connectivity index (χ3n) is 4.99. The highest BCUT2D eigenvalue weighted by Crippen LogP contribution is 2.23. The molecule has 0 aliphatic rings. The summed E-state index contributed by atoms with van der Waals surface area (Å²) in [5.41, 5.74) is 7.57. The highest BCUT2D eigenvalue weighted by Gasteiger charge is 2.05. The first-order chi connectivity index (χ1) is 14.1. The summed E-state index contributed by atoms with van der Waals surface area (Å²) in [6, 6.07) is 38.0. The van der Waals surface area contributed by atoms with Crippen LogP contribution in [-0.2, 0) is 0 Å². The number of nitrogens with one attached hydrogen (secondary N) is 1. The molecule has 0 amide bonds. The molecule has 0 saturated heterocycles. The molecule has 1 nitrogen and oxygen atoms in total. The van der Waals surface area contributed by atoms with E-state index in [0.29, 0.717) is 5.92 Å². The largest absolute Gasteiger partial charge is 0.356 e. The van der Waals surface area contributed by atoms with Gasteiger partial charge >= 0.3 is 0 Å². The Balaban J connectivity index is 0.000000166. The van der Waals surface area contributed by atoms with Crippen molar-refractivity contribution in [2.45, 2.75) is 26.7 Å². The smallest absolute Gasteiger partial charge is 0.0384 e. The molecule has 0 radical (unpaired) electrons. The van der Waals surface area contributed by atoms with Gasteiger partial charge in [-0.2, -0.15) is 0 Å². The van der Waals surface area contributed by atoms with E-state index in [9.17, 15) is 0 Å². The van der Waals surface area contributed by atoms with Gasteiger partial charge in [-0.25, -0.2) is 0 Å². The third kappa shape index (κ3) is 6.36. The van der Waals surface area contributed by atoms with Crippen molar-refractivity contribution in [1.82, 2.24) is 0 Å². The summed E-state index contributed by atoms with van der Waals surface area (Å²) in [6.45, 7) is 6.43. The lowest BCUT2D eigenvalue weighted by atomic mass is 9.93. The molecular formula is C28H29N. The lowest BCUT2D eigenvalue weighted by Gasteiger charge is -2.11. The van der Waals surface area contributed by atoms with E-state index >= 15 is 0 Å². The number of rotatable bonds is 4. The highest BCUT2D eigenvalue weighted by molar-refractivity contribution is 5.59. The second kappa shape index (κ2) is 10.3. The molecular weight excluding hydrogens is 350 g/mol. The SMILES string of the molecule is CC(c1ccccc1)c1ccccc1.Cc1ccc(Nc2ccc(C)cc2)cc1. The third-order valence-corrected chi connectivity index (χ3v) is 4.99. The second-order valence-corrected chi connectivity index (χ2v) is 7.40. The van der Waals surface area contributed by atoms with Crippen LogP contribution in [-0.4, -0.2) is 0 Å². The first-order valence-corrected chi connectivity index (χ1v) is 10.1. The molecule has 1 N–H and O–H groups in total. The predicted octanol–water partition coefficient (Wildman–Crippen LogP) is 7.89. The summed E-state index contributed by atoms with van der Waals surface area (Å²) < 4.78 is 0. The molecule has 4 aromatic carbocycles. The van der Waals surface area contributed by atoms with E-state index in [0.717, 1.165) is 11.4 Å². The van der Waals surface area contributed by atoms with E-state index in [-0.39, 0.29) is 0 Å². The molecule has 0 spiro atoms. The van der Waals surface area contributed by atoms with Gasteiger partial charge in [-0.05, 0) is 49.2 Å². The molecule has 1 heteroatoms. The van der Waals surface area contributed by atoms with Crippen molar-refractivity contribution < 1.29 is 0 Å². The quantitative estimate of drug-likeness (QED) is 0.380. The van der Waals surface area contributed by atoms with Gasteiger partial charge in [0.15, 0.2) is 0 Å². The molecule has 0 heterocycles. The van der Waals surface area contributed by atoms with Crippen molar-refractivity contribution >= 4 is 11.4 Å². The van der Waals surface area contributed by atoms with Crippen molar-refractivity contribution in [2.24, 2.45) is 0 Å². The number of hydrogen-bond donors (Lipinski definition) is 1. The van der Waals surface area contributed by atoms with Gasteiger partial charge in [0, 0.05) is 17.3 Å². The topological polar surface area (TPSA) is 12.0 Å². The predicted molar refractivity (Wildman–Crippen MR) is 126 cm³/mol. The molecule has 0 atom stereocenters. The van der Waals surface area contributed by atoms with Crippen LogP contribution in [0, 0.1) is 13.8 Å². The molecule has 0 bridgehead atoms. The molecule has 0 fully saturated rings. The van der Waals surface area contributed by atoms with E-state index in [1.807, 2.05) is 0 Å². The summed E-state index contributed by atoms with van der Waals surface area (Å²) in [4.78, 5) is 0. The average molecular weight is 380 g/mol. The zero-order valence-electron chi connectivity index (χ0n) is 17.5. The van der Waals surface area contributed by atoms with Crippen molar-refractivity contribution in [3.8, 4) is 0 Å². The van der Waals surface area contributed by atoms with Gasteiger partial charge in [0.2, 0.25) is 0 Å². The normalized spacial score (nSPS) is 10.2. The molecule has 0 unspecified atom stereocenters. The Morgan fingerprint density at radius 1 is 0.483 bits per heavy atom. The first kappa shape index (κ1) is 20.4. The molecule has 146 valence electrons. The molecule has 0 aromatic heterocycles. The summed E-state index contributed by atoms with van der Waals surface area (Å²) >= 11 is 0. The zero-order chi connectivity index (χ0) is 20.5. The fourth-order valence-electron chi connectivity index (χ4n) is 3.12. The molecule has 4 aromatic rings. The maximum absolute atomic E-state index is 3.36. The number of aryl methyl sites for hydroxylation is 2. The highest BCUT2D eigenvalue weighted by atomic mass is 14.9. The second-order valence-electron chi connectivity index (χ2n) is 7.40. The van der Waals surface area contributed by atoms with Crippen LogP contribution in [0.5, 0.6) is 0 Å². The Kier molecular flexibility index (Phi) is 7.24. The summed E-state index contributed by atoms with van der Waals surface area (Å²) in [7, 11) is 0. The van der Waals surface area contributed by atoms with E-state index in [1.54, 1.807) is 0 Å². The van der Waals surface area contributed by atoms with Crippen LogP contribution in [0.1, 0.15) is 35.1 Å². The van der Waals surface area contributed by atoms with Gasteiger partial charge in [-0.15, -0.1) is 0 Å². The van der Waals surface area contributed by atoms with Gasteiger partial charge in [-0.1, -0.05) is 103 Å². The minimum Gasteiger partial charge on any atom is -0.356 e. The van der Waals surface area contributed by atoms with E-state index < -0.39 is 0 Å². The van der Waals surface area contributed by atoms with Crippen LogP contribution < -0.4 is 5.32 Å². The zero-order valence-corrected chi connectivity index (χ0v) is 17.5. The molecule has 0 aliphatic carbocycles. The Bertz CT molecular complexity index is 889. The van der Waals surface area contributed by atoms with Gasteiger partial charge in [0.1, 0.15) is 0 Å². The Hall–Kier alpha value is -3.32. The maximum atomic E-state index is 3.36. The first-order valence-electron chi connectivity index (χ1n) is 10.1. The Morgan fingerprint density at radius 2 is 0.828 bits per heavy atom. The fraction of sp³-hybridized carbons (Fsp3) is 0.143. The van der Waals surface area contributed by atoms with Crippen LogP contribution in [0.3, 0.4) is 0 Å². The molecule has 0 aliphatic heterocycles. The minimum absolute atomic E-state index is 0.484. The average Bonchev–Trinajstić information content (AvgIpc) is 2.78. The van der Waals surface area contributed by atoms with Crippen molar-refractivity contribution in [3.63, 3.8) is 0 Å².